The summed E-state index contributed by atoms with van der Waals surface area (Å²) in [4.78, 5) is 41.7. The molecule has 3 aromatic rings. The quantitative estimate of drug-likeness (QED) is 0.198. The largest absolute Gasteiger partial charge is 0.497 e. The van der Waals surface area contributed by atoms with Crippen molar-refractivity contribution in [1.82, 2.24) is 4.90 Å². The zero-order chi connectivity index (χ0) is 25.9. The van der Waals surface area contributed by atoms with E-state index in [1.165, 1.54) is 11.0 Å². The minimum atomic E-state index is -0.442. The molecule has 5 rings (SSSR count). The first-order valence-electron chi connectivity index (χ1n) is 12.3. The average molecular weight is 498 g/mol. The Hall–Kier alpha value is -4.46. The fourth-order valence-corrected chi connectivity index (χ4v) is 4.94. The lowest BCUT2D eigenvalue weighted by molar-refractivity contribution is -0.384. The van der Waals surface area contributed by atoms with Gasteiger partial charge in [0.1, 0.15) is 11.4 Å². The van der Waals surface area contributed by atoms with Crippen molar-refractivity contribution in [3.63, 3.8) is 0 Å². The number of nitro benzene ring substituents is 1. The van der Waals surface area contributed by atoms with Gasteiger partial charge in [0.25, 0.3) is 17.5 Å². The van der Waals surface area contributed by atoms with Crippen LogP contribution in [0.1, 0.15) is 46.3 Å². The SMILES string of the molecule is COc1ccc(CN2C(=O)/C(=C/c3ccc(N4CCCCC4)c([N+](=O)[O-])c3)c3ccccc3C2=O)cc1. The first kappa shape index (κ1) is 24.2. The highest BCUT2D eigenvalue weighted by molar-refractivity contribution is 6.33. The molecule has 8 heteroatoms. The lowest BCUT2D eigenvalue weighted by atomic mass is 9.91. The van der Waals surface area contributed by atoms with E-state index >= 15 is 0 Å². The zero-order valence-electron chi connectivity index (χ0n) is 20.6. The summed E-state index contributed by atoms with van der Waals surface area (Å²) in [5.74, 6) is -0.136. The summed E-state index contributed by atoms with van der Waals surface area (Å²) in [6.07, 6.45) is 4.78. The molecule has 2 aliphatic heterocycles. The monoisotopic (exact) mass is 497 g/mol. The van der Waals surface area contributed by atoms with E-state index in [0.717, 1.165) is 37.9 Å². The number of imide groups is 1. The molecule has 0 unspecified atom stereocenters. The van der Waals surface area contributed by atoms with Crippen LogP contribution >= 0.6 is 0 Å². The van der Waals surface area contributed by atoms with Gasteiger partial charge in [-0.2, -0.15) is 0 Å². The normalized spacial score (nSPS) is 16.6. The van der Waals surface area contributed by atoms with Crippen molar-refractivity contribution in [2.24, 2.45) is 0 Å². The fraction of sp³-hybridized carbons (Fsp3) is 0.241. The lowest BCUT2D eigenvalue weighted by Crippen LogP contribution is -2.41. The second kappa shape index (κ2) is 10.3. The number of nitrogens with zero attached hydrogens (tertiary/aromatic N) is 3. The molecule has 0 saturated carbocycles. The number of piperidine rings is 1. The van der Waals surface area contributed by atoms with E-state index in [0.29, 0.717) is 33.7 Å². The number of hydrogen-bond donors (Lipinski definition) is 0. The molecule has 2 aliphatic rings. The molecule has 0 N–H and O–H groups in total. The standard InChI is InChI=1S/C29H27N3O5/c1-37-22-12-9-20(10-13-22)19-31-28(33)24-8-4-3-7-23(24)25(29(31)34)17-21-11-14-26(27(18-21)32(35)36)30-15-5-2-6-16-30/h3-4,7-14,17-18H,2,5-6,15-16,19H2,1H3/b25-17+. The van der Waals surface area contributed by atoms with Gasteiger partial charge >= 0.3 is 0 Å². The van der Waals surface area contributed by atoms with Gasteiger partial charge in [-0.3, -0.25) is 24.6 Å². The molecule has 1 fully saturated rings. The number of carbonyl (C=O) groups is 2. The Morgan fingerprint density at radius 3 is 2.30 bits per heavy atom. The lowest BCUT2D eigenvalue weighted by Gasteiger charge is -2.29. The molecule has 0 bridgehead atoms. The van der Waals surface area contributed by atoms with Gasteiger partial charge in [-0.25, -0.2) is 0 Å². The van der Waals surface area contributed by atoms with Gasteiger partial charge in [0, 0.05) is 30.3 Å². The summed E-state index contributed by atoms with van der Waals surface area (Å²) in [5, 5.41) is 11.9. The van der Waals surface area contributed by atoms with Gasteiger partial charge in [0.05, 0.1) is 18.6 Å². The zero-order valence-corrected chi connectivity index (χ0v) is 20.6. The van der Waals surface area contributed by atoms with Gasteiger partial charge in [0.15, 0.2) is 0 Å². The molecular formula is C29H27N3O5. The van der Waals surface area contributed by atoms with Crippen molar-refractivity contribution in [2.75, 3.05) is 25.1 Å². The number of carbonyl (C=O) groups excluding carboxylic acids is 2. The first-order valence-corrected chi connectivity index (χ1v) is 12.3. The number of rotatable bonds is 6. The van der Waals surface area contributed by atoms with Gasteiger partial charge in [-0.05, 0) is 66.3 Å². The molecule has 0 aromatic heterocycles. The maximum atomic E-state index is 13.6. The van der Waals surface area contributed by atoms with Crippen LogP contribution in [0.4, 0.5) is 11.4 Å². The van der Waals surface area contributed by atoms with Crippen molar-refractivity contribution in [2.45, 2.75) is 25.8 Å². The first-order chi connectivity index (χ1) is 18.0. The number of fused-ring (bicyclic) bond motifs is 1. The number of benzene rings is 3. The van der Waals surface area contributed by atoms with Crippen LogP contribution in [0.3, 0.4) is 0 Å². The van der Waals surface area contributed by atoms with Crippen LogP contribution in [0, 0.1) is 10.1 Å². The Balaban J connectivity index is 1.53. The van der Waals surface area contributed by atoms with E-state index in [1.54, 1.807) is 61.7 Å². The van der Waals surface area contributed by atoms with Crippen LogP contribution in [-0.2, 0) is 11.3 Å². The van der Waals surface area contributed by atoms with Crippen LogP contribution in [0.5, 0.6) is 5.75 Å². The van der Waals surface area contributed by atoms with Gasteiger partial charge < -0.3 is 9.64 Å². The van der Waals surface area contributed by atoms with Crippen LogP contribution in [-0.4, -0.2) is 41.8 Å². The van der Waals surface area contributed by atoms with Crippen LogP contribution < -0.4 is 9.64 Å². The summed E-state index contributed by atoms with van der Waals surface area (Å²) in [5.41, 5.74) is 3.18. The van der Waals surface area contributed by atoms with Gasteiger partial charge in [-0.1, -0.05) is 36.4 Å². The average Bonchev–Trinajstić information content (AvgIpc) is 2.94. The highest BCUT2D eigenvalue weighted by atomic mass is 16.6. The molecule has 0 aliphatic carbocycles. The molecule has 2 amide bonds. The van der Waals surface area contributed by atoms with Crippen LogP contribution in [0.15, 0.2) is 66.7 Å². The Morgan fingerprint density at radius 2 is 1.62 bits per heavy atom. The van der Waals surface area contributed by atoms with Crippen molar-refractivity contribution < 1.29 is 19.2 Å². The van der Waals surface area contributed by atoms with Gasteiger partial charge in [-0.15, -0.1) is 0 Å². The maximum Gasteiger partial charge on any atom is 0.293 e. The molecule has 8 nitrogen and oxygen atoms in total. The molecule has 1 saturated heterocycles. The Bertz CT molecular complexity index is 1390. The highest BCUT2D eigenvalue weighted by Gasteiger charge is 2.35. The summed E-state index contributed by atoms with van der Waals surface area (Å²) in [6, 6.07) is 19.2. The number of hydrogen-bond acceptors (Lipinski definition) is 6. The number of nitro groups is 1. The third-order valence-corrected chi connectivity index (χ3v) is 6.87. The number of methoxy groups -OCH3 is 1. The third-order valence-electron chi connectivity index (χ3n) is 6.87. The number of anilines is 1. The topological polar surface area (TPSA) is 93.0 Å². The van der Waals surface area contributed by atoms with E-state index in [2.05, 4.69) is 4.90 Å². The second-order valence-corrected chi connectivity index (χ2v) is 9.20. The van der Waals surface area contributed by atoms with Crippen LogP contribution in [0.2, 0.25) is 0 Å². The molecule has 2 heterocycles. The molecule has 37 heavy (non-hydrogen) atoms. The predicted octanol–water partition coefficient (Wildman–Crippen LogP) is 5.32. The Labute approximate surface area is 214 Å². The summed E-state index contributed by atoms with van der Waals surface area (Å²) in [6.45, 7) is 1.67. The molecule has 188 valence electrons. The minimum absolute atomic E-state index is 0.0129. The van der Waals surface area contributed by atoms with Crippen molar-refractivity contribution in [3.05, 3.63) is 99.1 Å². The molecule has 3 aromatic carbocycles. The number of ether oxygens (including phenoxy) is 1. The van der Waals surface area contributed by atoms with Crippen molar-refractivity contribution in [3.8, 4) is 5.75 Å². The third kappa shape index (κ3) is 4.82. The maximum absolute atomic E-state index is 13.6. The van der Waals surface area contributed by atoms with Crippen molar-refractivity contribution >= 4 is 34.8 Å². The molecule has 0 spiro atoms. The Kier molecular flexibility index (Phi) is 6.72. The summed E-state index contributed by atoms with van der Waals surface area (Å²) >= 11 is 0. The van der Waals surface area contributed by atoms with Gasteiger partial charge in [0.2, 0.25) is 0 Å². The molecule has 0 radical (unpaired) electrons. The molecule has 0 atom stereocenters. The van der Waals surface area contributed by atoms with E-state index in [4.69, 9.17) is 4.74 Å². The van der Waals surface area contributed by atoms with Crippen molar-refractivity contribution in [1.29, 1.82) is 0 Å². The predicted molar refractivity (Wildman–Crippen MR) is 141 cm³/mol. The molecular weight excluding hydrogens is 470 g/mol. The van der Waals surface area contributed by atoms with E-state index in [-0.39, 0.29) is 23.1 Å². The summed E-state index contributed by atoms with van der Waals surface area (Å²) in [7, 11) is 1.57. The van der Waals surface area contributed by atoms with E-state index in [1.807, 2.05) is 12.1 Å². The smallest absolute Gasteiger partial charge is 0.293 e. The van der Waals surface area contributed by atoms with E-state index < -0.39 is 5.91 Å². The minimum Gasteiger partial charge on any atom is -0.497 e. The summed E-state index contributed by atoms with van der Waals surface area (Å²) < 4.78 is 5.20. The number of amides is 2. The van der Waals surface area contributed by atoms with E-state index in [9.17, 15) is 19.7 Å². The van der Waals surface area contributed by atoms with Crippen LogP contribution in [0.25, 0.3) is 11.6 Å². The second-order valence-electron chi connectivity index (χ2n) is 9.20. The Morgan fingerprint density at radius 1 is 0.919 bits per heavy atom. The fourth-order valence-electron chi connectivity index (χ4n) is 4.94. The highest BCUT2D eigenvalue weighted by Crippen LogP contribution is 2.35.